The summed E-state index contributed by atoms with van der Waals surface area (Å²) in [5.41, 5.74) is 1.24. The van der Waals surface area contributed by atoms with E-state index in [9.17, 15) is 4.79 Å². The van der Waals surface area contributed by atoms with E-state index in [1.54, 1.807) is 18.6 Å². The minimum Gasteiger partial charge on any atom is -0.316 e. The lowest BCUT2D eigenvalue weighted by Crippen LogP contribution is -2.45. The van der Waals surface area contributed by atoms with Gasteiger partial charge in [0.2, 0.25) is 0 Å². The first-order valence-electron chi connectivity index (χ1n) is 8.20. The largest absolute Gasteiger partial charge is 0.316 e. The van der Waals surface area contributed by atoms with Gasteiger partial charge in [-0.25, -0.2) is 4.98 Å². The van der Waals surface area contributed by atoms with Crippen molar-refractivity contribution in [3.05, 3.63) is 47.5 Å². The van der Waals surface area contributed by atoms with Gasteiger partial charge in [0.1, 0.15) is 0 Å². The number of carbonyl (C=O) groups excluding carboxylic acids is 1. The number of hydrogen-bond donors (Lipinski definition) is 1. The molecule has 1 aliphatic heterocycles. The SMILES string of the molecule is CCCC1(C(=O)c2ccc(Cl)c(-n3ccnc3)c2)CCCNC1. The molecule has 0 bridgehead atoms. The summed E-state index contributed by atoms with van der Waals surface area (Å²) in [4.78, 5) is 17.3. The van der Waals surface area contributed by atoms with E-state index in [0.29, 0.717) is 5.02 Å². The number of Topliss-reactive ketones (excluding diaryl/α,β-unsaturated/α-hetero) is 1. The Morgan fingerprint density at radius 2 is 2.35 bits per heavy atom. The summed E-state index contributed by atoms with van der Waals surface area (Å²) in [6.45, 7) is 3.91. The maximum Gasteiger partial charge on any atom is 0.170 e. The van der Waals surface area contributed by atoms with Gasteiger partial charge in [-0.2, -0.15) is 0 Å². The summed E-state index contributed by atoms with van der Waals surface area (Å²) in [5.74, 6) is 0.226. The van der Waals surface area contributed by atoms with Crippen molar-refractivity contribution in [2.24, 2.45) is 5.41 Å². The quantitative estimate of drug-likeness (QED) is 0.846. The zero-order valence-corrected chi connectivity index (χ0v) is 14.1. The number of piperidine rings is 1. The highest BCUT2D eigenvalue weighted by Crippen LogP contribution is 2.36. The van der Waals surface area contributed by atoms with E-state index in [-0.39, 0.29) is 11.2 Å². The summed E-state index contributed by atoms with van der Waals surface area (Å²) in [6.07, 6.45) is 9.16. The molecule has 1 unspecified atom stereocenters. The fourth-order valence-electron chi connectivity index (χ4n) is 3.53. The molecule has 1 aliphatic rings. The van der Waals surface area contributed by atoms with Crippen molar-refractivity contribution in [1.82, 2.24) is 14.9 Å². The van der Waals surface area contributed by atoms with E-state index in [1.807, 2.05) is 22.9 Å². The predicted octanol–water partition coefficient (Wildman–Crippen LogP) is 3.88. The van der Waals surface area contributed by atoms with Gasteiger partial charge >= 0.3 is 0 Å². The molecule has 0 spiro atoms. The number of carbonyl (C=O) groups is 1. The van der Waals surface area contributed by atoms with Crippen LogP contribution >= 0.6 is 11.6 Å². The molecule has 2 heterocycles. The molecule has 2 aromatic rings. The number of nitrogens with one attached hydrogen (secondary N) is 1. The van der Waals surface area contributed by atoms with Gasteiger partial charge in [0, 0.05) is 29.9 Å². The first-order chi connectivity index (χ1) is 11.2. The molecule has 5 heteroatoms. The molecule has 23 heavy (non-hydrogen) atoms. The van der Waals surface area contributed by atoms with Crippen molar-refractivity contribution in [3.63, 3.8) is 0 Å². The van der Waals surface area contributed by atoms with Crippen LogP contribution < -0.4 is 5.32 Å². The number of benzene rings is 1. The van der Waals surface area contributed by atoms with Crippen molar-refractivity contribution in [1.29, 1.82) is 0 Å². The molecule has 1 fully saturated rings. The van der Waals surface area contributed by atoms with E-state index < -0.39 is 0 Å². The Balaban J connectivity index is 1.97. The van der Waals surface area contributed by atoms with E-state index in [2.05, 4.69) is 17.2 Å². The summed E-state index contributed by atoms with van der Waals surface area (Å²) in [5, 5.41) is 4.02. The van der Waals surface area contributed by atoms with Crippen molar-refractivity contribution in [2.45, 2.75) is 32.6 Å². The third kappa shape index (κ3) is 3.19. The molecule has 1 N–H and O–H groups in total. The Labute approximate surface area is 141 Å². The number of ketones is 1. The first kappa shape index (κ1) is 16.2. The summed E-state index contributed by atoms with van der Waals surface area (Å²) >= 11 is 6.30. The highest BCUT2D eigenvalue weighted by molar-refractivity contribution is 6.32. The van der Waals surface area contributed by atoms with Crippen LogP contribution in [-0.2, 0) is 0 Å². The van der Waals surface area contributed by atoms with Crippen molar-refractivity contribution < 1.29 is 4.79 Å². The van der Waals surface area contributed by atoms with E-state index in [4.69, 9.17) is 11.6 Å². The monoisotopic (exact) mass is 331 g/mol. The third-order valence-corrected chi connectivity index (χ3v) is 4.99. The minimum absolute atomic E-state index is 0.226. The topological polar surface area (TPSA) is 46.9 Å². The summed E-state index contributed by atoms with van der Waals surface area (Å²) < 4.78 is 1.84. The Hall–Kier alpha value is -1.65. The Kier molecular flexibility index (Phi) is 4.83. The highest BCUT2D eigenvalue weighted by Gasteiger charge is 2.39. The molecule has 3 rings (SSSR count). The maximum atomic E-state index is 13.2. The first-order valence-corrected chi connectivity index (χ1v) is 8.57. The molecule has 4 nitrogen and oxygen atoms in total. The zero-order chi connectivity index (χ0) is 16.3. The van der Waals surface area contributed by atoms with Crippen LogP contribution in [0.2, 0.25) is 5.02 Å². The van der Waals surface area contributed by atoms with Gasteiger partial charge in [0.05, 0.1) is 17.0 Å². The van der Waals surface area contributed by atoms with Gasteiger partial charge < -0.3 is 9.88 Å². The smallest absolute Gasteiger partial charge is 0.170 e. The van der Waals surface area contributed by atoms with Crippen molar-refractivity contribution >= 4 is 17.4 Å². The molecule has 122 valence electrons. The van der Waals surface area contributed by atoms with E-state index in [1.165, 1.54) is 0 Å². The average Bonchev–Trinajstić information content (AvgIpc) is 3.10. The second kappa shape index (κ2) is 6.85. The molecule has 0 aliphatic carbocycles. The zero-order valence-electron chi connectivity index (χ0n) is 13.4. The van der Waals surface area contributed by atoms with Gasteiger partial charge in [-0.15, -0.1) is 0 Å². The minimum atomic E-state index is -0.285. The number of aromatic nitrogens is 2. The van der Waals surface area contributed by atoms with Crippen LogP contribution in [0.1, 0.15) is 43.0 Å². The fraction of sp³-hybridized carbons (Fsp3) is 0.444. The number of rotatable bonds is 5. The van der Waals surface area contributed by atoms with Crippen LogP contribution in [0.4, 0.5) is 0 Å². The normalized spacial score (nSPS) is 21.3. The number of imidazole rings is 1. The van der Waals surface area contributed by atoms with E-state index >= 15 is 0 Å². The molecule has 1 saturated heterocycles. The van der Waals surface area contributed by atoms with Crippen LogP contribution in [0, 0.1) is 5.41 Å². The fourth-order valence-corrected chi connectivity index (χ4v) is 3.74. The maximum absolute atomic E-state index is 13.2. The molecule has 0 amide bonds. The van der Waals surface area contributed by atoms with Gasteiger partial charge in [-0.1, -0.05) is 24.9 Å². The lowest BCUT2D eigenvalue weighted by atomic mass is 9.71. The molecule has 0 radical (unpaired) electrons. The Bertz CT molecular complexity index is 670. The highest BCUT2D eigenvalue weighted by atomic mass is 35.5. The van der Waals surface area contributed by atoms with Gasteiger partial charge in [-0.3, -0.25) is 4.79 Å². The predicted molar refractivity (Wildman–Crippen MR) is 92.3 cm³/mol. The van der Waals surface area contributed by atoms with E-state index in [0.717, 1.165) is 50.0 Å². The van der Waals surface area contributed by atoms with Gasteiger partial charge in [0.15, 0.2) is 5.78 Å². The lowest BCUT2D eigenvalue weighted by Gasteiger charge is -2.36. The van der Waals surface area contributed by atoms with Crippen molar-refractivity contribution in [2.75, 3.05) is 13.1 Å². The molecule has 1 aromatic heterocycles. The summed E-state index contributed by atoms with van der Waals surface area (Å²) in [6, 6.07) is 5.54. The van der Waals surface area contributed by atoms with Crippen LogP contribution in [0.15, 0.2) is 36.9 Å². The summed E-state index contributed by atoms with van der Waals surface area (Å²) in [7, 11) is 0. The Morgan fingerprint density at radius 1 is 1.48 bits per heavy atom. The average molecular weight is 332 g/mol. The number of halogens is 1. The molecule has 0 saturated carbocycles. The third-order valence-electron chi connectivity index (χ3n) is 4.67. The number of hydrogen-bond acceptors (Lipinski definition) is 3. The van der Waals surface area contributed by atoms with Gasteiger partial charge in [0.25, 0.3) is 0 Å². The molecular formula is C18H22ClN3O. The van der Waals surface area contributed by atoms with Gasteiger partial charge in [-0.05, 0) is 44.0 Å². The van der Waals surface area contributed by atoms with Crippen molar-refractivity contribution in [3.8, 4) is 5.69 Å². The lowest BCUT2D eigenvalue weighted by molar-refractivity contribution is 0.0718. The molecular weight excluding hydrogens is 310 g/mol. The van der Waals surface area contributed by atoms with Crippen LogP contribution in [-0.4, -0.2) is 28.4 Å². The van der Waals surface area contributed by atoms with Crippen LogP contribution in [0.3, 0.4) is 0 Å². The number of nitrogens with zero attached hydrogens (tertiary/aromatic N) is 2. The van der Waals surface area contributed by atoms with Crippen LogP contribution in [0.25, 0.3) is 5.69 Å². The second-order valence-corrected chi connectivity index (χ2v) is 6.68. The molecule has 1 aromatic carbocycles. The van der Waals surface area contributed by atoms with Crippen LogP contribution in [0.5, 0.6) is 0 Å². The standard InChI is InChI=1S/C18H22ClN3O/c1-2-6-18(7-3-8-20-12-18)17(23)14-4-5-15(19)16(11-14)22-10-9-21-13-22/h4-5,9-11,13,20H,2-3,6-8,12H2,1H3. The Morgan fingerprint density at radius 3 is 3.00 bits per heavy atom. The molecule has 1 atom stereocenters. The second-order valence-electron chi connectivity index (χ2n) is 6.28.